The molecule has 1 fully saturated rings. The quantitative estimate of drug-likeness (QED) is 0.847. The van der Waals surface area contributed by atoms with E-state index in [4.69, 9.17) is 4.74 Å². The van der Waals surface area contributed by atoms with Crippen molar-refractivity contribution < 1.29 is 4.74 Å². The summed E-state index contributed by atoms with van der Waals surface area (Å²) in [5.41, 5.74) is 3.39. The van der Waals surface area contributed by atoms with Crippen molar-refractivity contribution >= 4 is 15.9 Å². The Morgan fingerprint density at radius 1 is 1.29 bits per heavy atom. The van der Waals surface area contributed by atoms with Gasteiger partial charge in [0.25, 0.3) is 0 Å². The molecule has 1 atom stereocenters. The Balaban J connectivity index is 2.04. The van der Waals surface area contributed by atoms with E-state index in [1.165, 1.54) is 15.6 Å². The molecule has 1 N–H and O–H groups in total. The molecule has 0 aromatic heterocycles. The number of halogens is 1. The van der Waals surface area contributed by atoms with E-state index in [1.54, 1.807) is 0 Å². The van der Waals surface area contributed by atoms with Crippen LogP contribution in [-0.4, -0.2) is 13.2 Å². The summed E-state index contributed by atoms with van der Waals surface area (Å²) in [5.74, 6) is 1.76. The number of fused-ring (bicyclic) bond motifs is 1. The first-order valence-corrected chi connectivity index (χ1v) is 8.78. The monoisotopic (exact) mass is 351 g/mol. The lowest BCUT2D eigenvalue weighted by Crippen LogP contribution is -2.25. The highest BCUT2D eigenvalue weighted by Crippen LogP contribution is 2.72. The van der Waals surface area contributed by atoms with Gasteiger partial charge in [0.15, 0.2) is 0 Å². The number of benzene rings is 1. The van der Waals surface area contributed by atoms with E-state index in [0.29, 0.717) is 22.8 Å². The van der Waals surface area contributed by atoms with Gasteiger partial charge in [-0.25, -0.2) is 0 Å². The van der Waals surface area contributed by atoms with Crippen molar-refractivity contribution in [2.45, 2.75) is 47.1 Å². The standard InChI is InChI=1S/C18H26BrNO/c1-6-20-14(16-17(2,3)18(16,4)5)13-10-12(19)9-11-7-8-21-15(11)13/h9-10,14,16,20H,6-8H2,1-5H3. The number of hydrogen-bond acceptors (Lipinski definition) is 2. The van der Waals surface area contributed by atoms with E-state index in [0.717, 1.165) is 25.3 Å². The molecule has 0 radical (unpaired) electrons. The van der Waals surface area contributed by atoms with Crippen LogP contribution in [0, 0.1) is 16.7 Å². The lowest BCUT2D eigenvalue weighted by molar-refractivity contribution is 0.339. The zero-order chi connectivity index (χ0) is 15.4. The van der Waals surface area contributed by atoms with Gasteiger partial charge in [0.2, 0.25) is 0 Å². The summed E-state index contributed by atoms with van der Waals surface area (Å²) in [5, 5.41) is 3.73. The van der Waals surface area contributed by atoms with Crippen molar-refractivity contribution in [3.05, 3.63) is 27.7 Å². The number of hydrogen-bond donors (Lipinski definition) is 1. The van der Waals surface area contributed by atoms with Gasteiger partial charge < -0.3 is 10.1 Å². The van der Waals surface area contributed by atoms with Gasteiger partial charge in [-0.3, -0.25) is 0 Å². The molecule has 3 rings (SSSR count). The first-order valence-electron chi connectivity index (χ1n) is 7.99. The third-order valence-corrected chi connectivity index (χ3v) is 6.46. The predicted molar refractivity (Wildman–Crippen MR) is 90.8 cm³/mol. The molecule has 1 heterocycles. The summed E-state index contributed by atoms with van der Waals surface area (Å²) in [4.78, 5) is 0. The summed E-state index contributed by atoms with van der Waals surface area (Å²) < 4.78 is 7.13. The lowest BCUT2D eigenvalue weighted by Gasteiger charge is -2.23. The molecule has 3 heteroatoms. The minimum absolute atomic E-state index is 0.355. The highest BCUT2D eigenvalue weighted by molar-refractivity contribution is 9.10. The predicted octanol–water partition coefficient (Wildman–Crippen LogP) is 4.72. The Morgan fingerprint density at radius 2 is 1.95 bits per heavy atom. The van der Waals surface area contributed by atoms with Crippen LogP contribution in [0.15, 0.2) is 16.6 Å². The van der Waals surface area contributed by atoms with Gasteiger partial charge in [0.1, 0.15) is 5.75 Å². The first kappa shape index (κ1) is 15.4. The molecule has 1 aliphatic carbocycles. The number of rotatable bonds is 4. The molecule has 0 saturated heterocycles. The van der Waals surface area contributed by atoms with Crippen molar-refractivity contribution in [3.8, 4) is 5.75 Å². The van der Waals surface area contributed by atoms with Crippen molar-refractivity contribution in [1.82, 2.24) is 5.32 Å². The maximum atomic E-state index is 5.97. The molecule has 1 saturated carbocycles. The maximum Gasteiger partial charge on any atom is 0.127 e. The summed E-state index contributed by atoms with van der Waals surface area (Å²) in [7, 11) is 0. The molecule has 0 spiro atoms. The second-order valence-corrected chi connectivity index (χ2v) is 8.45. The Labute approximate surface area is 136 Å². The van der Waals surface area contributed by atoms with Gasteiger partial charge in [-0.15, -0.1) is 0 Å². The van der Waals surface area contributed by atoms with E-state index in [9.17, 15) is 0 Å². The SMILES string of the molecule is CCNC(c1cc(Br)cc2c1OCC2)C1C(C)(C)C1(C)C. The first-order chi connectivity index (χ1) is 9.80. The van der Waals surface area contributed by atoms with E-state index < -0.39 is 0 Å². The van der Waals surface area contributed by atoms with Gasteiger partial charge in [-0.05, 0) is 41.0 Å². The molecule has 2 aliphatic rings. The fraction of sp³-hybridized carbons (Fsp3) is 0.667. The minimum Gasteiger partial charge on any atom is -0.493 e. The van der Waals surface area contributed by atoms with Crippen molar-refractivity contribution in [1.29, 1.82) is 0 Å². The van der Waals surface area contributed by atoms with Crippen molar-refractivity contribution in [2.24, 2.45) is 16.7 Å². The lowest BCUT2D eigenvalue weighted by atomic mass is 9.94. The Kier molecular flexibility index (Phi) is 3.65. The summed E-state index contributed by atoms with van der Waals surface area (Å²) in [6.07, 6.45) is 1.03. The van der Waals surface area contributed by atoms with Crippen LogP contribution in [0.25, 0.3) is 0 Å². The van der Waals surface area contributed by atoms with E-state index >= 15 is 0 Å². The molecule has 1 aliphatic heterocycles. The molecule has 0 amide bonds. The number of nitrogens with one attached hydrogen (secondary N) is 1. The molecule has 2 nitrogen and oxygen atoms in total. The molecule has 0 bridgehead atoms. The summed E-state index contributed by atoms with van der Waals surface area (Å²) in [6, 6.07) is 4.82. The van der Waals surface area contributed by atoms with Crippen LogP contribution in [0.5, 0.6) is 5.75 Å². The highest BCUT2D eigenvalue weighted by atomic mass is 79.9. The molecule has 1 unspecified atom stereocenters. The van der Waals surface area contributed by atoms with Crippen LogP contribution in [0.4, 0.5) is 0 Å². The van der Waals surface area contributed by atoms with Gasteiger partial charge in [0.05, 0.1) is 6.61 Å². The zero-order valence-corrected chi connectivity index (χ0v) is 15.3. The van der Waals surface area contributed by atoms with E-state index in [-0.39, 0.29) is 0 Å². The number of ether oxygens (including phenoxy) is 1. The summed E-state index contributed by atoms with van der Waals surface area (Å²) >= 11 is 3.68. The van der Waals surface area contributed by atoms with Gasteiger partial charge in [-0.2, -0.15) is 0 Å². The second kappa shape index (κ2) is 4.99. The van der Waals surface area contributed by atoms with Crippen LogP contribution in [0.1, 0.15) is 51.8 Å². The molecule has 21 heavy (non-hydrogen) atoms. The Morgan fingerprint density at radius 3 is 2.52 bits per heavy atom. The van der Waals surface area contributed by atoms with Crippen LogP contribution < -0.4 is 10.1 Å². The van der Waals surface area contributed by atoms with E-state index in [1.807, 2.05) is 0 Å². The fourth-order valence-corrected chi connectivity index (χ4v) is 4.76. The third-order valence-electron chi connectivity index (χ3n) is 6.00. The summed E-state index contributed by atoms with van der Waals surface area (Å²) in [6.45, 7) is 13.5. The molecular weight excluding hydrogens is 326 g/mol. The van der Waals surface area contributed by atoms with Crippen LogP contribution in [0.2, 0.25) is 0 Å². The highest BCUT2D eigenvalue weighted by Gasteiger charge is 2.67. The van der Waals surface area contributed by atoms with Crippen LogP contribution in [-0.2, 0) is 6.42 Å². The average molecular weight is 352 g/mol. The maximum absolute atomic E-state index is 5.97. The van der Waals surface area contributed by atoms with Gasteiger partial charge in [-0.1, -0.05) is 50.5 Å². The van der Waals surface area contributed by atoms with Crippen molar-refractivity contribution in [3.63, 3.8) is 0 Å². The molecule has 1 aromatic carbocycles. The van der Waals surface area contributed by atoms with Crippen molar-refractivity contribution in [2.75, 3.05) is 13.2 Å². The normalized spacial score (nSPS) is 23.5. The van der Waals surface area contributed by atoms with Crippen LogP contribution in [0.3, 0.4) is 0 Å². The smallest absolute Gasteiger partial charge is 0.127 e. The van der Waals surface area contributed by atoms with Gasteiger partial charge >= 0.3 is 0 Å². The molecule has 1 aromatic rings. The molecular formula is C18H26BrNO. The van der Waals surface area contributed by atoms with Gasteiger partial charge in [0, 0.05) is 22.5 Å². The fourth-order valence-electron chi connectivity index (χ4n) is 4.24. The average Bonchev–Trinajstić information content (AvgIpc) is 2.75. The largest absolute Gasteiger partial charge is 0.493 e. The minimum atomic E-state index is 0.355. The third kappa shape index (κ3) is 2.24. The Hall–Kier alpha value is -0.540. The molecule has 116 valence electrons. The zero-order valence-electron chi connectivity index (χ0n) is 13.7. The van der Waals surface area contributed by atoms with Crippen LogP contribution >= 0.6 is 15.9 Å². The second-order valence-electron chi connectivity index (χ2n) is 7.54. The topological polar surface area (TPSA) is 21.3 Å². The Bertz CT molecular complexity index is 551. The van der Waals surface area contributed by atoms with E-state index in [2.05, 4.69) is 68.0 Å².